The summed E-state index contributed by atoms with van der Waals surface area (Å²) >= 11 is 7.20. The molecule has 34 heavy (non-hydrogen) atoms. The van der Waals surface area contributed by atoms with E-state index in [4.69, 9.17) is 16.3 Å². The quantitative estimate of drug-likeness (QED) is 0.486. The molecule has 0 unspecified atom stereocenters. The molecule has 1 atom stereocenters. The van der Waals surface area contributed by atoms with Crippen LogP contribution in [0.5, 0.6) is 0 Å². The average molecular weight is 507 g/mol. The molecule has 1 fully saturated rings. The smallest absolute Gasteiger partial charge is 0.263 e. The summed E-state index contributed by atoms with van der Waals surface area (Å²) in [5.41, 5.74) is 0.769. The number of amides is 1. The fourth-order valence-corrected chi connectivity index (χ4v) is 5.00. The number of piperazine rings is 1. The van der Waals surface area contributed by atoms with E-state index in [0.717, 1.165) is 18.7 Å². The topological polar surface area (TPSA) is 66.5 Å². The number of halogens is 3. The lowest BCUT2D eigenvalue weighted by atomic mass is 9.81. The number of hydrogen-bond donors (Lipinski definition) is 2. The first-order chi connectivity index (χ1) is 16.3. The SMILES string of the molecule is COC[C@@](C)(c1ccc(Cl)cc1)c1csc(NC(=O)c2c(F)cc(N3CCNCC3)cc2F)n1. The van der Waals surface area contributed by atoms with E-state index < -0.39 is 28.5 Å². The van der Waals surface area contributed by atoms with Gasteiger partial charge in [-0.15, -0.1) is 11.3 Å². The highest BCUT2D eigenvalue weighted by atomic mass is 35.5. The van der Waals surface area contributed by atoms with Crippen molar-refractivity contribution in [3.8, 4) is 0 Å². The molecule has 0 aliphatic carbocycles. The number of aromatic nitrogens is 1. The number of rotatable bonds is 7. The number of ether oxygens (including phenoxy) is 1. The van der Waals surface area contributed by atoms with Gasteiger partial charge >= 0.3 is 0 Å². The van der Waals surface area contributed by atoms with Crippen molar-refractivity contribution in [1.29, 1.82) is 0 Å². The van der Waals surface area contributed by atoms with Crippen LogP contribution in [0, 0.1) is 11.6 Å². The van der Waals surface area contributed by atoms with Gasteiger partial charge in [0.15, 0.2) is 5.13 Å². The van der Waals surface area contributed by atoms with E-state index in [1.807, 2.05) is 24.0 Å². The van der Waals surface area contributed by atoms with Gasteiger partial charge in [0.2, 0.25) is 0 Å². The van der Waals surface area contributed by atoms with Crippen molar-refractivity contribution < 1.29 is 18.3 Å². The molecule has 1 aliphatic heterocycles. The van der Waals surface area contributed by atoms with E-state index in [9.17, 15) is 13.6 Å². The zero-order valence-electron chi connectivity index (χ0n) is 18.8. The standard InChI is InChI=1S/C24H25ClF2N4O2S/c1-24(14-33-2,15-3-5-16(25)6-4-15)20-13-34-23(29-20)30-22(32)21-18(26)11-17(12-19(21)27)31-9-7-28-8-10-31/h3-6,11-13,28H,7-10,14H2,1-2H3,(H,29,30,32)/t24-/m0/s1. The zero-order valence-corrected chi connectivity index (χ0v) is 20.4. The monoisotopic (exact) mass is 506 g/mol. The minimum absolute atomic E-state index is 0.237. The summed E-state index contributed by atoms with van der Waals surface area (Å²) in [5, 5.41) is 8.37. The van der Waals surface area contributed by atoms with Crippen molar-refractivity contribution in [3.05, 3.63) is 75.3 Å². The number of benzene rings is 2. The zero-order chi connectivity index (χ0) is 24.3. The van der Waals surface area contributed by atoms with Gasteiger partial charge in [-0.1, -0.05) is 23.7 Å². The minimum atomic E-state index is -0.909. The molecule has 0 radical (unpaired) electrons. The second kappa shape index (κ2) is 10.4. The van der Waals surface area contributed by atoms with E-state index in [1.54, 1.807) is 24.6 Å². The van der Waals surface area contributed by atoms with Crippen LogP contribution < -0.4 is 15.5 Å². The number of hydrogen-bond acceptors (Lipinski definition) is 6. The lowest BCUT2D eigenvalue weighted by Crippen LogP contribution is -2.43. The first kappa shape index (κ1) is 24.5. The van der Waals surface area contributed by atoms with Crippen LogP contribution in [-0.2, 0) is 10.2 Å². The molecule has 4 rings (SSSR count). The summed E-state index contributed by atoms with van der Waals surface area (Å²) in [6.45, 7) is 5.04. The van der Waals surface area contributed by atoms with Crippen molar-refractivity contribution in [2.45, 2.75) is 12.3 Å². The summed E-state index contributed by atoms with van der Waals surface area (Å²) in [6, 6.07) is 9.76. The molecule has 10 heteroatoms. The fraction of sp³-hybridized carbons (Fsp3) is 0.333. The van der Waals surface area contributed by atoms with Gasteiger partial charge in [-0.25, -0.2) is 13.8 Å². The molecule has 6 nitrogen and oxygen atoms in total. The van der Waals surface area contributed by atoms with Gasteiger partial charge in [0.25, 0.3) is 5.91 Å². The second-order valence-electron chi connectivity index (χ2n) is 8.29. The maximum atomic E-state index is 14.8. The van der Waals surface area contributed by atoms with Gasteiger partial charge in [0, 0.05) is 49.4 Å². The van der Waals surface area contributed by atoms with E-state index in [-0.39, 0.29) is 5.13 Å². The molecule has 2 N–H and O–H groups in total. The molecule has 2 heterocycles. The van der Waals surface area contributed by atoms with E-state index >= 15 is 0 Å². The van der Waals surface area contributed by atoms with Crippen LogP contribution in [0.25, 0.3) is 0 Å². The van der Waals surface area contributed by atoms with Gasteiger partial charge in [0.1, 0.15) is 17.2 Å². The predicted molar refractivity (Wildman–Crippen MR) is 131 cm³/mol. The Morgan fingerprint density at radius 3 is 2.50 bits per heavy atom. The number of methoxy groups -OCH3 is 1. The summed E-state index contributed by atoms with van der Waals surface area (Å²) in [5.74, 6) is -2.70. The summed E-state index contributed by atoms with van der Waals surface area (Å²) in [7, 11) is 1.60. The van der Waals surface area contributed by atoms with Crippen molar-refractivity contribution in [2.24, 2.45) is 0 Å². The van der Waals surface area contributed by atoms with Crippen LogP contribution in [0.2, 0.25) is 5.02 Å². The number of carbonyl (C=O) groups is 1. The van der Waals surface area contributed by atoms with Gasteiger partial charge in [0.05, 0.1) is 17.7 Å². The number of anilines is 2. The van der Waals surface area contributed by atoms with Crippen molar-refractivity contribution in [3.63, 3.8) is 0 Å². The van der Waals surface area contributed by atoms with Crippen LogP contribution in [0.4, 0.5) is 19.6 Å². The van der Waals surface area contributed by atoms with Crippen LogP contribution in [0.15, 0.2) is 41.8 Å². The summed E-state index contributed by atoms with van der Waals surface area (Å²) in [6.07, 6.45) is 0. The molecule has 0 spiro atoms. The summed E-state index contributed by atoms with van der Waals surface area (Å²) < 4.78 is 35.0. The van der Waals surface area contributed by atoms with Crippen molar-refractivity contribution >= 4 is 39.7 Å². The van der Waals surface area contributed by atoms with Crippen LogP contribution >= 0.6 is 22.9 Å². The van der Waals surface area contributed by atoms with E-state index in [2.05, 4.69) is 15.6 Å². The molecule has 2 aromatic carbocycles. The van der Waals surface area contributed by atoms with Crippen LogP contribution in [0.3, 0.4) is 0 Å². The number of nitrogens with zero attached hydrogens (tertiary/aromatic N) is 2. The molecule has 1 aromatic heterocycles. The molecule has 0 bridgehead atoms. The Balaban J connectivity index is 1.55. The Morgan fingerprint density at radius 1 is 1.24 bits per heavy atom. The highest BCUT2D eigenvalue weighted by Crippen LogP contribution is 2.35. The molecular weight excluding hydrogens is 482 g/mol. The third kappa shape index (κ3) is 5.07. The van der Waals surface area contributed by atoms with Gasteiger partial charge in [-0.2, -0.15) is 0 Å². The highest BCUT2D eigenvalue weighted by molar-refractivity contribution is 7.14. The first-order valence-electron chi connectivity index (χ1n) is 10.8. The van der Waals surface area contributed by atoms with E-state index in [0.29, 0.717) is 36.1 Å². The van der Waals surface area contributed by atoms with Crippen LogP contribution in [0.1, 0.15) is 28.5 Å². The summed E-state index contributed by atoms with van der Waals surface area (Å²) in [4.78, 5) is 19.2. The first-order valence-corrected chi connectivity index (χ1v) is 12.0. The minimum Gasteiger partial charge on any atom is -0.383 e. The third-order valence-electron chi connectivity index (χ3n) is 5.94. The van der Waals surface area contributed by atoms with Crippen molar-refractivity contribution in [1.82, 2.24) is 10.3 Å². The maximum absolute atomic E-state index is 14.8. The second-order valence-corrected chi connectivity index (χ2v) is 9.58. The Bertz CT molecular complexity index is 1150. The molecule has 3 aromatic rings. The van der Waals surface area contributed by atoms with Gasteiger partial charge in [-0.3, -0.25) is 10.1 Å². The maximum Gasteiger partial charge on any atom is 0.263 e. The van der Waals surface area contributed by atoms with Crippen LogP contribution in [-0.4, -0.2) is 50.8 Å². The normalized spacial score (nSPS) is 15.7. The highest BCUT2D eigenvalue weighted by Gasteiger charge is 2.32. The van der Waals surface area contributed by atoms with Gasteiger partial charge < -0.3 is 15.0 Å². The molecular formula is C24H25ClF2N4O2S. The number of nitrogens with one attached hydrogen (secondary N) is 2. The molecule has 1 saturated heterocycles. The fourth-order valence-electron chi connectivity index (χ4n) is 4.04. The Labute approximate surface area is 205 Å². The Morgan fingerprint density at radius 2 is 1.88 bits per heavy atom. The van der Waals surface area contributed by atoms with Crippen molar-refractivity contribution in [2.75, 3.05) is 50.1 Å². The number of thiazole rings is 1. The predicted octanol–water partition coefficient (Wildman–Crippen LogP) is 4.69. The Hall–Kier alpha value is -2.59. The lowest BCUT2D eigenvalue weighted by Gasteiger charge is -2.29. The molecule has 180 valence electrons. The average Bonchev–Trinajstić information content (AvgIpc) is 3.29. The molecule has 1 aliphatic rings. The largest absolute Gasteiger partial charge is 0.383 e. The molecule has 0 saturated carbocycles. The number of carbonyl (C=O) groups excluding carboxylic acids is 1. The third-order valence-corrected chi connectivity index (χ3v) is 6.95. The Kier molecular flexibility index (Phi) is 7.47. The molecule has 1 amide bonds. The van der Waals surface area contributed by atoms with Gasteiger partial charge in [-0.05, 0) is 36.8 Å². The van der Waals surface area contributed by atoms with E-state index in [1.165, 1.54) is 23.5 Å². The lowest BCUT2D eigenvalue weighted by molar-refractivity contribution is 0.101.